The minimum absolute atomic E-state index is 0.00287. The lowest BCUT2D eigenvalue weighted by Gasteiger charge is -2.29. The number of amides is 1. The normalized spacial score (nSPS) is 12.7. The first kappa shape index (κ1) is 24.7. The highest BCUT2D eigenvalue weighted by molar-refractivity contribution is 7.93. The van der Waals surface area contributed by atoms with Gasteiger partial charge in [0, 0.05) is 17.3 Å². The van der Waals surface area contributed by atoms with Crippen LogP contribution in [-0.4, -0.2) is 40.0 Å². The molecule has 9 nitrogen and oxygen atoms in total. The molecule has 0 spiro atoms. The zero-order valence-corrected chi connectivity index (χ0v) is 20.9. The summed E-state index contributed by atoms with van der Waals surface area (Å²) in [6.45, 7) is 5.11. The van der Waals surface area contributed by atoms with E-state index in [1.54, 1.807) is 24.4 Å². The Bertz CT molecular complexity index is 1350. The van der Waals surface area contributed by atoms with Crippen molar-refractivity contribution in [1.29, 1.82) is 0 Å². The van der Waals surface area contributed by atoms with Gasteiger partial charge >= 0.3 is 0 Å². The van der Waals surface area contributed by atoms with Crippen molar-refractivity contribution in [3.05, 3.63) is 65.2 Å². The molecule has 3 aromatic rings. The molecule has 3 rings (SSSR count). The SMILES string of the molecule is Cc1ccc(C)c(N([C@@H](C)C(=O)Nc2ccc(S(=O)(=O)Nc3nccs3)cc2)S(C)(=O)=O)c1. The molecule has 1 amide bonds. The second-order valence-electron chi connectivity index (χ2n) is 7.48. The van der Waals surface area contributed by atoms with E-state index in [0.29, 0.717) is 16.9 Å². The predicted molar refractivity (Wildman–Crippen MR) is 131 cm³/mol. The molecule has 33 heavy (non-hydrogen) atoms. The Labute approximate surface area is 197 Å². The van der Waals surface area contributed by atoms with Crippen molar-refractivity contribution in [3.8, 4) is 0 Å². The van der Waals surface area contributed by atoms with Gasteiger partial charge in [-0.15, -0.1) is 11.3 Å². The predicted octanol–water partition coefficient (Wildman–Crippen LogP) is 3.35. The van der Waals surface area contributed by atoms with Crippen molar-refractivity contribution >= 4 is 53.8 Å². The molecule has 12 heteroatoms. The smallest absolute Gasteiger partial charge is 0.263 e. The van der Waals surface area contributed by atoms with E-state index >= 15 is 0 Å². The number of thiazole rings is 1. The van der Waals surface area contributed by atoms with Crippen LogP contribution in [-0.2, 0) is 24.8 Å². The Balaban J connectivity index is 1.80. The molecule has 0 aliphatic carbocycles. The number of rotatable bonds is 8. The van der Waals surface area contributed by atoms with Gasteiger partial charge in [-0.1, -0.05) is 12.1 Å². The van der Waals surface area contributed by atoms with Gasteiger partial charge in [-0.25, -0.2) is 21.8 Å². The van der Waals surface area contributed by atoms with E-state index in [2.05, 4.69) is 15.0 Å². The van der Waals surface area contributed by atoms with Gasteiger partial charge in [0.2, 0.25) is 15.9 Å². The molecule has 0 unspecified atom stereocenters. The summed E-state index contributed by atoms with van der Waals surface area (Å²) >= 11 is 1.15. The maximum atomic E-state index is 12.9. The average Bonchev–Trinajstić information content (AvgIpc) is 3.22. The van der Waals surface area contributed by atoms with Crippen LogP contribution in [0.4, 0.5) is 16.5 Å². The standard InChI is InChI=1S/C21H24N4O5S3/c1-14-5-6-15(2)19(13-14)25(32(4,27)28)16(3)20(26)23-17-7-9-18(10-8-17)33(29,30)24-21-22-11-12-31-21/h5-13,16H,1-4H3,(H,22,24)(H,23,26)/t16-/m0/s1. The maximum Gasteiger partial charge on any atom is 0.263 e. The summed E-state index contributed by atoms with van der Waals surface area (Å²) in [5.74, 6) is -0.558. The fraction of sp³-hybridized carbons (Fsp3) is 0.238. The number of carbonyl (C=O) groups is 1. The molecule has 2 aromatic carbocycles. The van der Waals surface area contributed by atoms with Crippen molar-refractivity contribution < 1.29 is 21.6 Å². The first-order chi connectivity index (χ1) is 15.4. The lowest BCUT2D eigenvalue weighted by molar-refractivity contribution is -0.116. The molecule has 0 fully saturated rings. The number of anilines is 3. The Kier molecular flexibility index (Phi) is 7.10. The molecular weight excluding hydrogens is 484 g/mol. The van der Waals surface area contributed by atoms with Crippen LogP contribution in [0.25, 0.3) is 0 Å². The molecule has 1 atom stereocenters. The molecule has 0 saturated carbocycles. The number of sulfonamides is 2. The van der Waals surface area contributed by atoms with Crippen LogP contribution in [0.2, 0.25) is 0 Å². The number of nitrogens with one attached hydrogen (secondary N) is 2. The van der Waals surface area contributed by atoms with Gasteiger partial charge in [-0.2, -0.15) is 0 Å². The Morgan fingerprint density at radius 2 is 1.73 bits per heavy atom. The van der Waals surface area contributed by atoms with E-state index in [1.165, 1.54) is 37.4 Å². The number of benzene rings is 2. The van der Waals surface area contributed by atoms with Crippen molar-refractivity contribution in [2.24, 2.45) is 0 Å². The molecule has 2 N–H and O–H groups in total. The summed E-state index contributed by atoms with van der Waals surface area (Å²) in [6, 6.07) is 9.89. The third-order valence-corrected chi connectivity index (χ3v) is 8.18. The lowest BCUT2D eigenvalue weighted by Crippen LogP contribution is -2.45. The molecule has 0 radical (unpaired) electrons. The van der Waals surface area contributed by atoms with E-state index in [1.807, 2.05) is 13.0 Å². The summed E-state index contributed by atoms with van der Waals surface area (Å²) in [4.78, 5) is 16.8. The van der Waals surface area contributed by atoms with Gasteiger partial charge < -0.3 is 5.32 Å². The number of nitrogens with zero attached hydrogens (tertiary/aromatic N) is 2. The third kappa shape index (κ3) is 5.89. The first-order valence-electron chi connectivity index (χ1n) is 9.78. The van der Waals surface area contributed by atoms with Crippen LogP contribution in [0.5, 0.6) is 0 Å². The highest BCUT2D eigenvalue weighted by atomic mass is 32.2. The number of aromatic nitrogens is 1. The zero-order valence-electron chi connectivity index (χ0n) is 18.4. The summed E-state index contributed by atoms with van der Waals surface area (Å²) in [7, 11) is -7.59. The van der Waals surface area contributed by atoms with Gasteiger partial charge in [0.15, 0.2) is 5.13 Å². The third-order valence-electron chi connectivity index (χ3n) is 4.78. The largest absolute Gasteiger partial charge is 0.324 e. The fourth-order valence-corrected chi connectivity index (χ4v) is 6.16. The van der Waals surface area contributed by atoms with Crippen LogP contribution < -0.4 is 14.3 Å². The summed E-state index contributed by atoms with van der Waals surface area (Å²) in [6.07, 6.45) is 2.54. The van der Waals surface area contributed by atoms with E-state index in [9.17, 15) is 21.6 Å². The molecule has 0 aliphatic rings. The second kappa shape index (κ2) is 9.49. The number of hydrogen-bond donors (Lipinski definition) is 2. The molecular formula is C21H24N4O5S3. The van der Waals surface area contributed by atoms with E-state index in [4.69, 9.17) is 0 Å². The average molecular weight is 509 g/mol. The Hall–Kier alpha value is -2.96. The topological polar surface area (TPSA) is 126 Å². The minimum Gasteiger partial charge on any atom is -0.324 e. The van der Waals surface area contributed by atoms with E-state index < -0.39 is 32.0 Å². The highest BCUT2D eigenvalue weighted by Gasteiger charge is 2.30. The number of hydrogen-bond acceptors (Lipinski definition) is 7. The summed E-state index contributed by atoms with van der Waals surface area (Å²) in [5.41, 5.74) is 2.33. The molecule has 0 bridgehead atoms. The van der Waals surface area contributed by atoms with Gasteiger partial charge in [0.05, 0.1) is 16.8 Å². The summed E-state index contributed by atoms with van der Waals surface area (Å²) < 4.78 is 53.5. The molecule has 1 heterocycles. The van der Waals surface area contributed by atoms with Crippen molar-refractivity contribution in [2.75, 3.05) is 20.6 Å². The fourth-order valence-electron chi connectivity index (χ4n) is 3.15. The van der Waals surface area contributed by atoms with Gasteiger partial charge in [-0.05, 0) is 62.2 Å². The maximum absolute atomic E-state index is 12.9. The van der Waals surface area contributed by atoms with Crippen molar-refractivity contribution in [1.82, 2.24) is 4.98 Å². The molecule has 176 valence electrons. The number of aryl methyl sites for hydroxylation is 2. The summed E-state index contributed by atoms with van der Waals surface area (Å²) in [5, 5.41) is 4.54. The van der Waals surface area contributed by atoms with Crippen molar-refractivity contribution in [2.45, 2.75) is 31.7 Å². The zero-order chi connectivity index (χ0) is 24.4. The molecule has 1 aromatic heterocycles. The molecule has 0 saturated heterocycles. The minimum atomic E-state index is -3.82. The van der Waals surface area contributed by atoms with Crippen molar-refractivity contribution in [3.63, 3.8) is 0 Å². The second-order valence-corrected chi connectivity index (χ2v) is 11.9. The molecule has 0 aliphatic heterocycles. The van der Waals surface area contributed by atoms with Crippen LogP contribution >= 0.6 is 11.3 Å². The van der Waals surface area contributed by atoms with Crippen LogP contribution in [0.15, 0.2) is 58.9 Å². The van der Waals surface area contributed by atoms with Crippen LogP contribution in [0.3, 0.4) is 0 Å². The quantitative estimate of drug-likeness (QED) is 0.481. The van der Waals surface area contributed by atoms with Crippen LogP contribution in [0, 0.1) is 13.8 Å². The first-order valence-corrected chi connectivity index (χ1v) is 14.0. The van der Waals surface area contributed by atoms with Crippen LogP contribution in [0.1, 0.15) is 18.1 Å². The van der Waals surface area contributed by atoms with E-state index in [0.717, 1.165) is 27.5 Å². The number of carbonyl (C=O) groups excluding carboxylic acids is 1. The highest BCUT2D eigenvalue weighted by Crippen LogP contribution is 2.27. The van der Waals surface area contributed by atoms with Gasteiger partial charge in [-0.3, -0.25) is 13.8 Å². The van der Waals surface area contributed by atoms with E-state index in [-0.39, 0.29) is 10.0 Å². The Morgan fingerprint density at radius 3 is 2.30 bits per heavy atom. The monoisotopic (exact) mass is 508 g/mol. The Morgan fingerprint density at radius 1 is 1.06 bits per heavy atom. The lowest BCUT2D eigenvalue weighted by atomic mass is 10.1. The van der Waals surface area contributed by atoms with Gasteiger partial charge in [0.1, 0.15) is 6.04 Å². The van der Waals surface area contributed by atoms with Gasteiger partial charge in [0.25, 0.3) is 10.0 Å².